The first kappa shape index (κ1) is 15.5. The van der Waals surface area contributed by atoms with Crippen molar-refractivity contribution in [2.24, 2.45) is 0 Å². The largest absolute Gasteiger partial charge is 0.508 e. The van der Waals surface area contributed by atoms with E-state index in [1.165, 1.54) is 22.9 Å². The van der Waals surface area contributed by atoms with Gasteiger partial charge in [-0.05, 0) is 48.7 Å². The highest BCUT2D eigenvalue weighted by atomic mass is 19.4. The third-order valence-corrected chi connectivity index (χ3v) is 4.19. The average Bonchev–Trinajstić information content (AvgIpc) is 2.95. The number of fused-ring (bicyclic) bond motifs is 3. The van der Waals surface area contributed by atoms with Gasteiger partial charge in [0.2, 0.25) is 0 Å². The molecule has 0 saturated carbocycles. The molecule has 0 spiro atoms. The monoisotopic (exact) mass is 342 g/mol. The smallest absolute Gasteiger partial charge is 0.435 e. The minimum atomic E-state index is -4.56. The van der Waals surface area contributed by atoms with Gasteiger partial charge in [0.1, 0.15) is 5.75 Å². The number of nitrogens with zero attached hydrogens (tertiary/aromatic N) is 2. The summed E-state index contributed by atoms with van der Waals surface area (Å²) in [6.45, 7) is 1.91. The second-order valence-corrected chi connectivity index (χ2v) is 5.96. The molecule has 0 aliphatic rings. The predicted molar refractivity (Wildman–Crippen MR) is 90.0 cm³/mol. The van der Waals surface area contributed by atoms with E-state index in [9.17, 15) is 18.3 Å². The van der Waals surface area contributed by atoms with Gasteiger partial charge in [0, 0.05) is 10.8 Å². The Morgan fingerprint density at radius 1 is 0.920 bits per heavy atom. The first-order valence-electron chi connectivity index (χ1n) is 7.63. The van der Waals surface area contributed by atoms with Gasteiger partial charge in [-0.3, -0.25) is 0 Å². The van der Waals surface area contributed by atoms with Gasteiger partial charge in [-0.25, -0.2) is 4.68 Å². The Labute approximate surface area is 140 Å². The lowest BCUT2D eigenvalue weighted by Crippen LogP contribution is -2.07. The zero-order valence-corrected chi connectivity index (χ0v) is 13.2. The third-order valence-electron chi connectivity index (χ3n) is 4.19. The SMILES string of the molecule is Cc1ccc(-n2nc(C(F)(F)F)c3ccc4cc(O)ccc4c32)cc1. The van der Waals surface area contributed by atoms with Crippen molar-refractivity contribution in [3.63, 3.8) is 0 Å². The minimum Gasteiger partial charge on any atom is -0.508 e. The van der Waals surface area contributed by atoms with Crippen molar-refractivity contribution in [3.05, 3.63) is 65.9 Å². The number of hydrogen-bond acceptors (Lipinski definition) is 2. The molecule has 4 rings (SSSR count). The van der Waals surface area contributed by atoms with E-state index >= 15 is 0 Å². The van der Waals surface area contributed by atoms with Crippen molar-refractivity contribution in [2.75, 3.05) is 0 Å². The molecule has 1 heterocycles. The number of hydrogen-bond donors (Lipinski definition) is 1. The summed E-state index contributed by atoms with van der Waals surface area (Å²) in [7, 11) is 0. The van der Waals surface area contributed by atoms with Crippen molar-refractivity contribution in [3.8, 4) is 11.4 Å². The zero-order chi connectivity index (χ0) is 17.8. The van der Waals surface area contributed by atoms with Crippen LogP contribution in [0.5, 0.6) is 5.75 Å². The van der Waals surface area contributed by atoms with Crippen LogP contribution in [-0.4, -0.2) is 14.9 Å². The third kappa shape index (κ3) is 2.50. The van der Waals surface area contributed by atoms with E-state index < -0.39 is 11.9 Å². The molecule has 0 bridgehead atoms. The van der Waals surface area contributed by atoms with E-state index in [0.29, 0.717) is 22.0 Å². The molecular formula is C19H13F3N2O. The van der Waals surface area contributed by atoms with Crippen LogP contribution >= 0.6 is 0 Å². The van der Waals surface area contributed by atoms with Gasteiger partial charge in [-0.15, -0.1) is 0 Å². The number of aromatic hydroxyl groups is 1. The summed E-state index contributed by atoms with van der Waals surface area (Å²) >= 11 is 0. The van der Waals surface area contributed by atoms with Crippen LogP contribution in [0.15, 0.2) is 54.6 Å². The lowest BCUT2D eigenvalue weighted by Gasteiger charge is -2.07. The van der Waals surface area contributed by atoms with Gasteiger partial charge in [0.15, 0.2) is 5.69 Å². The summed E-state index contributed by atoms with van der Waals surface area (Å²) in [6.07, 6.45) is -4.56. The molecule has 0 radical (unpaired) electrons. The quantitative estimate of drug-likeness (QED) is 0.515. The summed E-state index contributed by atoms with van der Waals surface area (Å²) in [6, 6.07) is 14.7. The maximum Gasteiger partial charge on any atom is 0.435 e. The number of phenolic OH excluding ortho intramolecular Hbond substituents is 1. The van der Waals surface area contributed by atoms with Crippen molar-refractivity contribution >= 4 is 21.7 Å². The average molecular weight is 342 g/mol. The molecule has 0 unspecified atom stereocenters. The van der Waals surface area contributed by atoms with Gasteiger partial charge in [0.25, 0.3) is 0 Å². The van der Waals surface area contributed by atoms with Gasteiger partial charge < -0.3 is 5.11 Å². The fraction of sp³-hybridized carbons (Fsp3) is 0.105. The maximum atomic E-state index is 13.5. The molecule has 3 aromatic carbocycles. The topological polar surface area (TPSA) is 38.0 Å². The molecule has 6 heteroatoms. The number of aryl methyl sites for hydroxylation is 1. The number of aromatic nitrogens is 2. The Morgan fingerprint density at radius 2 is 1.60 bits per heavy atom. The first-order chi connectivity index (χ1) is 11.8. The van der Waals surface area contributed by atoms with E-state index in [0.717, 1.165) is 5.56 Å². The van der Waals surface area contributed by atoms with Crippen LogP contribution in [0.3, 0.4) is 0 Å². The number of benzene rings is 3. The summed E-state index contributed by atoms with van der Waals surface area (Å²) in [5.41, 5.74) is 1.00. The molecule has 0 saturated heterocycles. The second kappa shape index (κ2) is 5.24. The summed E-state index contributed by atoms with van der Waals surface area (Å²) < 4.78 is 41.7. The normalized spacial score (nSPS) is 12.2. The molecule has 0 amide bonds. The number of rotatable bonds is 1. The highest BCUT2D eigenvalue weighted by Crippen LogP contribution is 2.38. The Bertz CT molecular complexity index is 1100. The summed E-state index contributed by atoms with van der Waals surface area (Å²) in [5, 5.41) is 14.8. The van der Waals surface area contributed by atoms with Crippen LogP contribution < -0.4 is 0 Å². The Balaban J connectivity index is 2.15. The van der Waals surface area contributed by atoms with Gasteiger partial charge in [-0.1, -0.05) is 23.8 Å². The molecule has 25 heavy (non-hydrogen) atoms. The van der Waals surface area contributed by atoms with Gasteiger partial charge in [0.05, 0.1) is 11.2 Å². The number of phenols is 1. The lowest BCUT2D eigenvalue weighted by molar-refractivity contribution is -0.140. The molecule has 0 fully saturated rings. The predicted octanol–water partition coefficient (Wildman–Crippen LogP) is 5.21. The van der Waals surface area contributed by atoms with Crippen LogP contribution in [0.25, 0.3) is 27.4 Å². The molecule has 0 atom stereocenters. The number of halogens is 3. The van der Waals surface area contributed by atoms with Crippen LogP contribution in [-0.2, 0) is 6.18 Å². The van der Waals surface area contributed by atoms with Gasteiger partial charge in [-0.2, -0.15) is 18.3 Å². The van der Waals surface area contributed by atoms with E-state index in [1.807, 2.05) is 19.1 Å². The summed E-state index contributed by atoms with van der Waals surface area (Å²) in [5.74, 6) is 0.0595. The van der Waals surface area contributed by atoms with Crippen LogP contribution in [0.4, 0.5) is 13.2 Å². The van der Waals surface area contributed by atoms with Crippen LogP contribution in [0.2, 0.25) is 0 Å². The maximum absolute atomic E-state index is 13.5. The molecule has 3 nitrogen and oxygen atoms in total. The van der Waals surface area contributed by atoms with Crippen LogP contribution in [0, 0.1) is 6.92 Å². The zero-order valence-electron chi connectivity index (χ0n) is 13.2. The van der Waals surface area contributed by atoms with Crippen molar-refractivity contribution < 1.29 is 18.3 Å². The van der Waals surface area contributed by atoms with Crippen LogP contribution in [0.1, 0.15) is 11.3 Å². The molecule has 1 aromatic heterocycles. The van der Waals surface area contributed by atoms with Crippen molar-refractivity contribution in [1.29, 1.82) is 0 Å². The Hall–Kier alpha value is -3.02. The highest BCUT2D eigenvalue weighted by molar-refractivity contribution is 6.07. The molecule has 4 aromatic rings. The fourth-order valence-electron chi connectivity index (χ4n) is 3.01. The standard InChI is InChI=1S/C19H13F3N2O/c1-11-2-5-13(6-3-11)24-17-15-9-7-14(25)10-12(15)4-8-16(17)18(23-24)19(20,21)22/h2-10,25H,1H3. The molecule has 126 valence electrons. The van der Waals surface area contributed by atoms with Crippen molar-refractivity contribution in [1.82, 2.24) is 9.78 Å². The highest BCUT2D eigenvalue weighted by Gasteiger charge is 2.37. The molecule has 0 aliphatic heterocycles. The molecule has 1 N–H and O–H groups in total. The van der Waals surface area contributed by atoms with E-state index in [2.05, 4.69) is 5.10 Å². The fourth-order valence-corrected chi connectivity index (χ4v) is 3.01. The Morgan fingerprint density at radius 3 is 2.28 bits per heavy atom. The van der Waals surface area contributed by atoms with E-state index in [1.54, 1.807) is 24.3 Å². The van der Waals surface area contributed by atoms with Gasteiger partial charge >= 0.3 is 6.18 Å². The first-order valence-corrected chi connectivity index (χ1v) is 7.63. The van der Waals surface area contributed by atoms with Crippen molar-refractivity contribution in [2.45, 2.75) is 13.1 Å². The summed E-state index contributed by atoms with van der Waals surface area (Å²) in [4.78, 5) is 0. The lowest BCUT2D eigenvalue weighted by atomic mass is 10.1. The molecule has 0 aliphatic carbocycles. The second-order valence-electron chi connectivity index (χ2n) is 5.96. The minimum absolute atomic E-state index is 0.0336. The molecular weight excluding hydrogens is 329 g/mol. The number of alkyl halides is 3. The van der Waals surface area contributed by atoms with E-state index in [4.69, 9.17) is 0 Å². The van der Waals surface area contributed by atoms with E-state index in [-0.39, 0.29) is 11.1 Å². The Kier molecular flexibility index (Phi) is 3.25.